The molecule has 1 amide bonds. The molecule has 1 fully saturated rings. The monoisotopic (exact) mass is 312 g/mol. The summed E-state index contributed by atoms with van der Waals surface area (Å²) in [6.07, 6.45) is 3.19. The Bertz CT molecular complexity index is 807. The molecule has 1 atom stereocenters. The number of ether oxygens (including phenoxy) is 1. The molecule has 2 aromatic rings. The first-order valence-electron chi connectivity index (χ1n) is 6.90. The lowest BCUT2D eigenvalue weighted by Gasteiger charge is -2.16. The minimum absolute atomic E-state index is 0.111. The van der Waals surface area contributed by atoms with Gasteiger partial charge in [-0.05, 0) is 6.07 Å². The molecule has 2 aromatic heterocycles. The highest BCUT2D eigenvalue weighted by molar-refractivity contribution is 5.92. The third-order valence-corrected chi connectivity index (χ3v) is 3.38. The fourth-order valence-corrected chi connectivity index (χ4v) is 2.28. The van der Waals surface area contributed by atoms with E-state index in [4.69, 9.17) is 10.00 Å². The zero-order valence-electron chi connectivity index (χ0n) is 12.0. The van der Waals surface area contributed by atoms with Gasteiger partial charge in [-0.25, -0.2) is 15.1 Å². The van der Waals surface area contributed by atoms with Gasteiger partial charge in [-0.1, -0.05) is 0 Å². The van der Waals surface area contributed by atoms with Crippen LogP contribution in [0.25, 0.3) is 0 Å². The molecule has 1 aliphatic rings. The van der Waals surface area contributed by atoms with E-state index in [1.807, 2.05) is 6.07 Å². The molecule has 0 unspecified atom stereocenters. The van der Waals surface area contributed by atoms with Crippen molar-refractivity contribution in [1.29, 1.82) is 5.26 Å². The Hall–Kier alpha value is -3.28. The minimum Gasteiger partial charge on any atom is -0.470 e. The van der Waals surface area contributed by atoms with Crippen LogP contribution in [-0.4, -0.2) is 50.2 Å². The second-order valence-corrected chi connectivity index (χ2v) is 4.91. The minimum atomic E-state index is -0.365. The van der Waals surface area contributed by atoms with Crippen LogP contribution in [0.2, 0.25) is 0 Å². The number of H-pyrrole nitrogens is 1. The number of nitrogens with one attached hydrogen (secondary N) is 1. The molecule has 1 saturated heterocycles. The molecule has 0 saturated carbocycles. The predicted octanol–water partition coefficient (Wildman–Crippen LogP) is -0.275. The van der Waals surface area contributed by atoms with Gasteiger partial charge in [0.15, 0.2) is 0 Å². The lowest BCUT2D eigenvalue weighted by atomic mass is 10.3. The molecular formula is C14H12N6O3. The summed E-state index contributed by atoms with van der Waals surface area (Å²) in [5.41, 5.74) is -0.0853. The van der Waals surface area contributed by atoms with Crippen LogP contribution in [0.4, 0.5) is 0 Å². The molecule has 9 heteroatoms. The quantitative estimate of drug-likeness (QED) is 0.826. The Morgan fingerprint density at radius 2 is 2.22 bits per heavy atom. The summed E-state index contributed by atoms with van der Waals surface area (Å²) in [6, 6.07) is 4.55. The summed E-state index contributed by atoms with van der Waals surface area (Å²) in [5, 5.41) is 14.9. The first kappa shape index (κ1) is 14.6. The van der Waals surface area contributed by atoms with E-state index in [1.165, 1.54) is 24.5 Å². The Morgan fingerprint density at radius 3 is 2.96 bits per heavy atom. The summed E-state index contributed by atoms with van der Waals surface area (Å²) in [4.78, 5) is 32.7. The Balaban J connectivity index is 1.66. The van der Waals surface area contributed by atoms with E-state index in [0.29, 0.717) is 19.5 Å². The van der Waals surface area contributed by atoms with Crippen molar-refractivity contribution in [3.8, 4) is 11.9 Å². The standard InChI is InChI=1S/C14H12N6O3/c15-7-11-13(17-5-4-16-11)23-9-3-6-20(8-9)14(22)10-1-2-12(21)19-18-10/h1-2,4-5,9H,3,6,8H2,(H,19,21)/t9-/m0/s1. The maximum absolute atomic E-state index is 12.3. The molecule has 0 aromatic carbocycles. The van der Waals surface area contributed by atoms with Crippen LogP contribution in [0, 0.1) is 11.3 Å². The van der Waals surface area contributed by atoms with Gasteiger partial charge in [0.1, 0.15) is 17.9 Å². The second kappa shape index (κ2) is 6.23. The van der Waals surface area contributed by atoms with Gasteiger partial charge in [0.2, 0.25) is 5.69 Å². The maximum atomic E-state index is 12.3. The van der Waals surface area contributed by atoms with Crippen LogP contribution >= 0.6 is 0 Å². The number of carbonyl (C=O) groups is 1. The summed E-state index contributed by atoms with van der Waals surface area (Å²) in [6.45, 7) is 0.841. The van der Waals surface area contributed by atoms with Crippen LogP contribution in [0.5, 0.6) is 5.88 Å². The number of nitrogens with zero attached hydrogens (tertiary/aromatic N) is 5. The molecule has 1 aliphatic heterocycles. The van der Waals surface area contributed by atoms with E-state index in [1.54, 1.807) is 4.90 Å². The van der Waals surface area contributed by atoms with Crippen LogP contribution in [0.3, 0.4) is 0 Å². The molecule has 9 nitrogen and oxygen atoms in total. The number of aromatic amines is 1. The number of likely N-dealkylation sites (tertiary alicyclic amines) is 1. The molecule has 3 rings (SSSR count). The molecular weight excluding hydrogens is 300 g/mol. The zero-order chi connectivity index (χ0) is 16.2. The van der Waals surface area contributed by atoms with Crippen LogP contribution in [-0.2, 0) is 0 Å². The van der Waals surface area contributed by atoms with Crippen molar-refractivity contribution in [1.82, 2.24) is 25.1 Å². The normalized spacial score (nSPS) is 16.8. The van der Waals surface area contributed by atoms with Gasteiger partial charge in [0.25, 0.3) is 17.3 Å². The number of carbonyl (C=O) groups excluding carboxylic acids is 1. The van der Waals surface area contributed by atoms with Crippen molar-refractivity contribution < 1.29 is 9.53 Å². The number of nitriles is 1. The number of hydrogen-bond donors (Lipinski definition) is 1. The van der Waals surface area contributed by atoms with Crippen molar-refractivity contribution in [3.05, 3.63) is 46.3 Å². The third kappa shape index (κ3) is 3.16. The van der Waals surface area contributed by atoms with Crippen molar-refractivity contribution in [2.24, 2.45) is 0 Å². The van der Waals surface area contributed by atoms with Gasteiger partial charge < -0.3 is 9.64 Å². The Morgan fingerprint density at radius 1 is 1.39 bits per heavy atom. The summed E-state index contributed by atoms with van der Waals surface area (Å²) >= 11 is 0. The number of amides is 1. The van der Waals surface area contributed by atoms with Crippen molar-refractivity contribution >= 4 is 5.91 Å². The number of hydrogen-bond acceptors (Lipinski definition) is 7. The molecule has 3 heterocycles. The number of aromatic nitrogens is 4. The average Bonchev–Trinajstić information content (AvgIpc) is 3.04. The van der Waals surface area contributed by atoms with E-state index in [-0.39, 0.29) is 34.8 Å². The maximum Gasteiger partial charge on any atom is 0.274 e. The molecule has 116 valence electrons. The predicted molar refractivity (Wildman–Crippen MR) is 76.5 cm³/mol. The largest absolute Gasteiger partial charge is 0.470 e. The SMILES string of the molecule is N#Cc1nccnc1O[C@H]1CCN(C(=O)c2ccc(=O)[nH]n2)C1. The molecule has 0 aliphatic carbocycles. The van der Waals surface area contributed by atoms with Gasteiger partial charge >= 0.3 is 0 Å². The van der Waals surface area contributed by atoms with E-state index >= 15 is 0 Å². The van der Waals surface area contributed by atoms with Crippen molar-refractivity contribution in [2.45, 2.75) is 12.5 Å². The van der Waals surface area contributed by atoms with Gasteiger partial charge in [0.05, 0.1) is 6.54 Å². The summed E-state index contributed by atoms with van der Waals surface area (Å²) in [5.74, 6) is -0.122. The Labute approximate surface area is 130 Å². The fraction of sp³-hybridized carbons (Fsp3) is 0.286. The molecule has 23 heavy (non-hydrogen) atoms. The average molecular weight is 312 g/mol. The van der Waals surface area contributed by atoms with E-state index in [0.717, 1.165) is 0 Å². The molecule has 0 radical (unpaired) electrons. The third-order valence-electron chi connectivity index (χ3n) is 3.38. The highest BCUT2D eigenvalue weighted by atomic mass is 16.5. The summed E-state index contributed by atoms with van der Waals surface area (Å²) in [7, 11) is 0. The lowest BCUT2D eigenvalue weighted by molar-refractivity contribution is 0.0764. The molecule has 0 bridgehead atoms. The van der Waals surface area contributed by atoms with Crippen LogP contribution < -0.4 is 10.3 Å². The van der Waals surface area contributed by atoms with E-state index in [9.17, 15) is 9.59 Å². The van der Waals surface area contributed by atoms with Gasteiger partial charge in [-0.3, -0.25) is 9.59 Å². The van der Waals surface area contributed by atoms with Crippen LogP contribution in [0.1, 0.15) is 22.6 Å². The smallest absolute Gasteiger partial charge is 0.274 e. The van der Waals surface area contributed by atoms with Gasteiger partial charge in [-0.15, -0.1) is 0 Å². The van der Waals surface area contributed by atoms with Crippen molar-refractivity contribution in [2.75, 3.05) is 13.1 Å². The van der Waals surface area contributed by atoms with Gasteiger partial charge in [-0.2, -0.15) is 10.4 Å². The van der Waals surface area contributed by atoms with E-state index < -0.39 is 0 Å². The van der Waals surface area contributed by atoms with Crippen molar-refractivity contribution in [3.63, 3.8) is 0 Å². The van der Waals surface area contributed by atoms with Gasteiger partial charge in [0, 0.05) is 31.4 Å². The fourth-order valence-electron chi connectivity index (χ4n) is 2.28. The number of rotatable bonds is 3. The topological polar surface area (TPSA) is 125 Å². The first-order chi connectivity index (χ1) is 11.2. The lowest BCUT2D eigenvalue weighted by Crippen LogP contribution is -2.32. The second-order valence-electron chi connectivity index (χ2n) is 4.91. The Kier molecular flexibility index (Phi) is 3.97. The molecule has 0 spiro atoms. The zero-order valence-corrected chi connectivity index (χ0v) is 12.0. The molecule has 1 N–H and O–H groups in total. The first-order valence-corrected chi connectivity index (χ1v) is 6.90. The highest BCUT2D eigenvalue weighted by Crippen LogP contribution is 2.19. The summed E-state index contributed by atoms with van der Waals surface area (Å²) < 4.78 is 5.66. The highest BCUT2D eigenvalue weighted by Gasteiger charge is 2.29. The van der Waals surface area contributed by atoms with E-state index in [2.05, 4.69) is 20.2 Å². The van der Waals surface area contributed by atoms with Crippen LogP contribution in [0.15, 0.2) is 29.3 Å².